The molecule has 0 unspecified atom stereocenters. The molecule has 3 heteroatoms. The van der Waals surface area contributed by atoms with Gasteiger partial charge in [-0.3, -0.25) is 0 Å². The first-order chi connectivity index (χ1) is 5.84. The number of aliphatic hydroxyl groups excluding tert-OH is 1. The van der Waals surface area contributed by atoms with Gasteiger partial charge in [-0.05, 0) is 19.4 Å². The SMILES string of the molecule is [3H]OCCC=Cc1nc[nH]c1C. The van der Waals surface area contributed by atoms with Gasteiger partial charge in [0, 0.05) is 12.3 Å². The fourth-order valence-electron chi connectivity index (χ4n) is 0.800. The Morgan fingerprint density at radius 2 is 2.82 bits per heavy atom. The van der Waals surface area contributed by atoms with Gasteiger partial charge in [0.1, 0.15) is 0 Å². The Morgan fingerprint density at radius 1 is 1.91 bits per heavy atom. The van der Waals surface area contributed by atoms with Crippen LogP contribution in [0.25, 0.3) is 6.08 Å². The van der Waals surface area contributed by atoms with Crippen molar-refractivity contribution in [1.29, 1.82) is 1.43 Å². The van der Waals surface area contributed by atoms with Crippen LogP contribution in [0.4, 0.5) is 0 Å². The molecule has 0 aliphatic heterocycles. The number of hydrogen-bond donors (Lipinski definition) is 2. The Kier molecular flexibility index (Phi) is 2.36. The second-order valence-electron chi connectivity index (χ2n) is 2.31. The molecule has 0 aliphatic rings. The van der Waals surface area contributed by atoms with E-state index in [1.54, 1.807) is 6.33 Å². The second kappa shape index (κ2) is 3.93. The van der Waals surface area contributed by atoms with Crippen LogP contribution < -0.4 is 0 Å². The molecule has 0 amide bonds. The second-order valence-corrected chi connectivity index (χ2v) is 2.31. The molecule has 0 saturated heterocycles. The van der Waals surface area contributed by atoms with Gasteiger partial charge in [-0.2, -0.15) is 0 Å². The quantitative estimate of drug-likeness (QED) is 0.638. The standard InChI is InChI=1S/C8H12N2O/c1-7-8(10-6-9-7)4-2-3-5-11/h2,4,6,11H,3,5H2,1H3,(H,9,10)/i11T. The summed E-state index contributed by atoms with van der Waals surface area (Å²) in [6.45, 7) is 2.40. The molecule has 0 bridgehead atoms. The lowest BCUT2D eigenvalue weighted by molar-refractivity contribution is 0.303. The Hall–Kier alpha value is -1.09. The van der Waals surface area contributed by atoms with Crippen molar-refractivity contribution in [2.24, 2.45) is 0 Å². The highest BCUT2D eigenvalue weighted by Crippen LogP contribution is 2.02. The van der Waals surface area contributed by atoms with Crippen LogP contribution in [-0.2, 0) is 0 Å². The van der Waals surface area contributed by atoms with Crippen molar-refractivity contribution >= 4 is 6.08 Å². The highest BCUT2D eigenvalue weighted by molar-refractivity contribution is 5.46. The molecule has 60 valence electrons. The third-order valence-corrected chi connectivity index (χ3v) is 1.43. The van der Waals surface area contributed by atoms with Crippen molar-refractivity contribution in [3.63, 3.8) is 0 Å². The van der Waals surface area contributed by atoms with E-state index in [2.05, 4.69) is 15.1 Å². The number of hydrogen-bond acceptors (Lipinski definition) is 2. The number of nitrogens with zero attached hydrogens (tertiary/aromatic N) is 1. The maximum absolute atomic E-state index is 6.44. The molecule has 0 aliphatic carbocycles. The summed E-state index contributed by atoms with van der Waals surface area (Å²) in [5, 5.41) is 4.16. The summed E-state index contributed by atoms with van der Waals surface area (Å²) in [5.41, 5.74) is 2.00. The molecule has 0 aromatic carbocycles. The van der Waals surface area contributed by atoms with Crippen LogP contribution in [0, 0.1) is 6.92 Å². The molecule has 0 atom stereocenters. The van der Waals surface area contributed by atoms with Crippen LogP contribution >= 0.6 is 0 Å². The summed E-state index contributed by atoms with van der Waals surface area (Å²) in [6.07, 6.45) is 6.27. The molecule has 3 nitrogen and oxygen atoms in total. The number of rotatable bonds is 4. The zero-order valence-electron chi connectivity index (χ0n) is 7.50. The molecule has 1 aromatic rings. The zero-order valence-corrected chi connectivity index (χ0v) is 6.50. The highest BCUT2D eigenvalue weighted by Gasteiger charge is 1.92. The number of aromatic amines is 1. The number of aryl methyl sites for hydroxylation is 1. The highest BCUT2D eigenvalue weighted by atomic mass is 16.2. The number of H-pyrrole nitrogens is 1. The van der Waals surface area contributed by atoms with E-state index >= 15 is 0 Å². The normalized spacial score (nSPS) is 12.3. The molecular formula is C8H12N2O. The van der Waals surface area contributed by atoms with Gasteiger partial charge in [-0.1, -0.05) is 6.08 Å². The van der Waals surface area contributed by atoms with E-state index in [1.165, 1.54) is 0 Å². The molecule has 0 spiro atoms. The van der Waals surface area contributed by atoms with Crippen molar-refractivity contribution in [1.82, 2.24) is 9.97 Å². The number of aliphatic hydroxyl groups is 1. The summed E-state index contributed by atoms with van der Waals surface area (Å²) in [5.74, 6) is 0. The summed E-state index contributed by atoms with van der Waals surface area (Å²) in [7, 11) is 0. The molecular weight excluding hydrogens is 140 g/mol. The van der Waals surface area contributed by atoms with Crippen LogP contribution in [0.3, 0.4) is 0 Å². The minimum absolute atomic E-state index is 0.431. The van der Waals surface area contributed by atoms with E-state index in [-0.39, 0.29) is 0 Å². The summed E-state index contributed by atoms with van der Waals surface area (Å²) >= 11 is 0. The first-order valence-corrected chi connectivity index (χ1v) is 3.59. The molecule has 0 radical (unpaired) electrons. The Bertz CT molecular complexity index is 257. The average molecular weight is 154 g/mol. The molecule has 1 aromatic heterocycles. The van der Waals surface area contributed by atoms with Gasteiger partial charge in [0.25, 0.3) is 0 Å². The van der Waals surface area contributed by atoms with E-state index < -0.39 is 0 Å². The van der Waals surface area contributed by atoms with E-state index in [9.17, 15) is 0 Å². The van der Waals surface area contributed by atoms with Gasteiger partial charge < -0.3 is 10.1 Å². The molecule has 1 rings (SSSR count). The van der Waals surface area contributed by atoms with Crippen LogP contribution in [0.2, 0.25) is 0 Å². The maximum atomic E-state index is 6.44. The van der Waals surface area contributed by atoms with Crippen LogP contribution in [-0.4, -0.2) is 23.1 Å². The number of imidazole rings is 1. The van der Waals surface area contributed by atoms with Crippen LogP contribution in [0.1, 0.15) is 17.8 Å². The fraction of sp³-hybridized carbons (Fsp3) is 0.375. The smallest absolute Gasteiger partial charge is 0.210 e. The van der Waals surface area contributed by atoms with Gasteiger partial charge in [0.15, 0.2) is 0 Å². The van der Waals surface area contributed by atoms with Crippen LogP contribution in [0.5, 0.6) is 0 Å². The fourth-order valence-corrected chi connectivity index (χ4v) is 0.800. The molecule has 0 saturated carbocycles. The van der Waals surface area contributed by atoms with Crippen molar-refractivity contribution in [3.05, 3.63) is 23.8 Å². The van der Waals surface area contributed by atoms with Gasteiger partial charge >= 0.3 is 0 Å². The molecule has 2 N–H and O–H groups in total. The van der Waals surface area contributed by atoms with E-state index in [1.807, 2.05) is 19.1 Å². The maximum Gasteiger partial charge on any atom is 0.210 e. The lowest BCUT2D eigenvalue weighted by atomic mass is 10.3. The summed E-state index contributed by atoms with van der Waals surface area (Å²) in [4.78, 5) is 7.06. The number of nitrogens with one attached hydrogen (secondary N) is 1. The minimum atomic E-state index is 0.431. The first kappa shape index (κ1) is 6.61. The summed E-state index contributed by atoms with van der Waals surface area (Å²) < 4.78 is 6.44. The van der Waals surface area contributed by atoms with E-state index in [4.69, 9.17) is 1.43 Å². The first-order valence-electron chi connectivity index (χ1n) is 4.00. The van der Waals surface area contributed by atoms with E-state index in [0.717, 1.165) is 17.8 Å². The van der Waals surface area contributed by atoms with Crippen LogP contribution in [0.15, 0.2) is 12.4 Å². The summed E-state index contributed by atoms with van der Waals surface area (Å²) in [6, 6.07) is 0. The third-order valence-electron chi connectivity index (χ3n) is 1.43. The Balaban J connectivity index is 2.41. The monoisotopic (exact) mass is 154 g/mol. The largest absolute Gasteiger partial charge is 0.396 e. The predicted molar refractivity (Wildman–Crippen MR) is 44.1 cm³/mol. The van der Waals surface area contributed by atoms with Gasteiger partial charge in [0.2, 0.25) is 1.43 Å². The number of aromatic nitrogens is 2. The molecule has 0 fully saturated rings. The van der Waals surface area contributed by atoms with Gasteiger partial charge in [-0.15, -0.1) is 0 Å². The Morgan fingerprint density at radius 3 is 3.45 bits per heavy atom. The minimum Gasteiger partial charge on any atom is -0.396 e. The average Bonchev–Trinajstić information content (AvgIpc) is 2.46. The van der Waals surface area contributed by atoms with Crippen molar-refractivity contribution in [2.75, 3.05) is 6.61 Å². The topological polar surface area (TPSA) is 48.9 Å². The van der Waals surface area contributed by atoms with Crippen molar-refractivity contribution in [2.45, 2.75) is 13.3 Å². The lowest BCUT2D eigenvalue weighted by Gasteiger charge is -1.86. The zero-order chi connectivity index (χ0) is 8.81. The van der Waals surface area contributed by atoms with Gasteiger partial charge in [-0.25, -0.2) is 4.98 Å². The molecule has 1 heterocycles. The van der Waals surface area contributed by atoms with Crippen molar-refractivity contribution < 1.29 is 5.11 Å². The predicted octanol–water partition coefficient (Wildman–Crippen LogP) is 1.11. The van der Waals surface area contributed by atoms with Crippen molar-refractivity contribution in [3.8, 4) is 0 Å². The van der Waals surface area contributed by atoms with E-state index in [0.29, 0.717) is 6.61 Å². The molecule has 11 heavy (non-hydrogen) atoms. The third kappa shape index (κ3) is 2.20. The van der Waals surface area contributed by atoms with Gasteiger partial charge in [0.05, 0.1) is 12.0 Å². The lowest BCUT2D eigenvalue weighted by Crippen LogP contribution is -1.78. The Labute approximate surface area is 67.3 Å².